The third-order valence-electron chi connectivity index (χ3n) is 7.56. The van der Waals surface area contributed by atoms with Crippen LogP contribution in [-0.4, -0.2) is 40.8 Å². The Morgan fingerprint density at radius 3 is 2.78 bits per heavy atom. The van der Waals surface area contributed by atoms with Crippen LogP contribution in [-0.2, 0) is 39.4 Å². The van der Waals surface area contributed by atoms with E-state index in [1.54, 1.807) is 4.57 Å². The highest BCUT2D eigenvalue weighted by molar-refractivity contribution is 5.90. The molecule has 2 aromatic heterocycles. The molecule has 2 atom stereocenters. The first-order valence-electron chi connectivity index (χ1n) is 12.8. The van der Waals surface area contributed by atoms with Crippen LogP contribution in [0, 0.1) is 0 Å². The summed E-state index contributed by atoms with van der Waals surface area (Å²) in [5.74, 6) is 0.405. The van der Waals surface area contributed by atoms with Crippen LogP contribution < -0.4 is 15.6 Å². The van der Waals surface area contributed by atoms with Gasteiger partial charge < -0.3 is 24.1 Å². The maximum Gasteiger partial charge on any atom is 0.346 e. The molecule has 1 saturated heterocycles. The van der Waals surface area contributed by atoms with Crippen molar-refractivity contribution in [1.29, 1.82) is 0 Å². The second kappa shape index (κ2) is 8.42. The molecule has 8 heteroatoms. The van der Waals surface area contributed by atoms with Gasteiger partial charge in [0.15, 0.2) is 0 Å². The van der Waals surface area contributed by atoms with Crippen molar-refractivity contribution in [1.82, 2.24) is 14.9 Å². The van der Waals surface area contributed by atoms with Crippen LogP contribution in [0.3, 0.4) is 0 Å². The molecule has 3 aliphatic heterocycles. The first-order chi connectivity index (χ1) is 17.3. The number of nitrogens with zero attached hydrogens (tertiary/aromatic N) is 2. The molecule has 0 saturated carbocycles. The standard InChI is InChI=1S/C28H31N3O5/c1-5-18-19-11-17(34-10-6-9-29-15(2)3)7-8-23(19)30-25-20(18)13-31-24(25)12-22-21(26(31)32)14-35-27(33)28(22)16(4)36-28/h7-8,11-12,15-16,29H,5-6,9-10,13-14H2,1-4H3/t16?,28-/m0/s1. The van der Waals surface area contributed by atoms with Gasteiger partial charge in [0.1, 0.15) is 18.5 Å². The lowest BCUT2D eigenvalue weighted by Crippen LogP contribution is -2.38. The fourth-order valence-electron chi connectivity index (χ4n) is 5.64. The van der Waals surface area contributed by atoms with Crippen molar-refractivity contribution in [3.05, 3.63) is 56.9 Å². The normalized spacial score (nSPS) is 21.5. The van der Waals surface area contributed by atoms with E-state index in [-0.39, 0.29) is 18.3 Å². The predicted molar refractivity (Wildman–Crippen MR) is 135 cm³/mol. The SMILES string of the molecule is CCc1c2c(nc3ccc(OCCCNC(C)C)cc13)-c1cc3c(c(=O)n1C2)COC(=O)[C@@]31OC1C. The molecule has 1 unspecified atom stereocenters. The quantitative estimate of drug-likeness (QED) is 0.241. The molecule has 3 aromatic rings. The minimum atomic E-state index is -1.16. The van der Waals surface area contributed by atoms with Crippen molar-refractivity contribution in [3.8, 4) is 17.1 Å². The molecule has 36 heavy (non-hydrogen) atoms. The van der Waals surface area contributed by atoms with E-state index in [1.165, 1.54) is 5.56 Å². The van der Waals surface area contributed by atoms with Gasteiger partial charge in [-0.15, -0.1) is 0 Å². The van der Waals surface area contributed by atoms with E-state index in [0.29, 0.717) is 30.3 Å². The molecule has 0 amide bonds. The molecule has 0 bridgehead atoms. The first kappa shape index (κ1) is 23.2. The van der Waals surface area contributed by atoms with E-state index in [4.69, 9.17) is 19.2 Å². The molecular formula is C28H31N3O5. The van der Waals surface area contributed by atoms with Gasteiger partial charge in [-0.1, -0.05) is 20.8 Å². The number of ether oxygens (including phenoxy) is 3. The molecule has 1 N–H and O–H groups in total. The highest BCUT2D eigenvalue weighted by Crippen LogP contribution is 2.51. The van der Waals surface area contributed by atoms with Crippen LogP contribution in [0.4, 0.5) is 0 Å². The Morgan fingerprint density at radius 1 is 1.25 bits per heavy atom. The Kier molecular flexibility index (Phi) is 5.42. The number of aryl methyl sites for hydroxylation is 1. The predicted octanol–water partition coefficient (Wildman–Crippen LogP) is 3.43. The van der Waals surface area contributed by atoms with Crippen molar-refractivity contribution in [2.24, 2.45) is 0 Å². The number of hydrogen-bond acceptors (Lipinski definition) is 7. The van der Waals surface area contributed by atoms with E-state index in [2.05, 4.69) is 32.2 Å². The first-order valence-corrected chi connectivity index (χ1v) is 12.8. The van der Waals surface area contributed by atoms with E-state index < -0.39 is 11.6 Å². The lowest BCUT2D eigenvalue weighted by atomic mass is 9.89. The number of epoxide rings is 1. The molecule has 1 aromatic carbocycles. The molecule has 1 spiro atoms. The summed E-state index contributed by atoms with van der Waals surface area (Å²) in [6.45, 7) is 10.2. The molecule has 3 aliphatic rings. The molecule has 6 rings (SSSR count). The van der Waals surface area contributed by atoms with Gasteiger partial charge in [-0.3, -0.25) is 4.79 Å². The zero-order valence-corrected chi connectivity index (χ0v) is 21.1. The maximum absolute atomic E-state index is 13.5. The van der Waals surface area contributed by atoms with Crippen molar-refractivity contribution < 1.29 is 19.0 Å². The van der Waals surface area contributed by atoms with E-state index in [9.17, 15) is 9.59 Å². The summed E-state index contributed by atoms with van der Waals surface area (Å²) >= 11 is 0. The summed E-state index contributed by atoms with van der Waals surface area (Å²) in [6, 6.07) is 8.40. The molecule has 188 valence electrons. The van der Waals surface area contributed by atoms with Crippen molar-refractivity contribution in [3.63, 3.8) is 0 Å². The molecule has 0 aliphatic carbocycles. The smallest absolute Gasteiger partial charge is 0.346 e. The topological polar surface area (TPSA) is 95.0 Å². The van der Waals surface area contributed by atoms with Gasteiger partial charge in [0.25, 0.3) is 5.56 Å². The number of rotatable bonds is 7. The number of carbonyl (C=O) groups excluding carboxylic acids is 1. The van der Waals surface area contributed by atoms with Crippen LogP contribution >= 0.6 is 0 Å². The summed E-state index contributed by atoms with van der Waals surface area (Å²) in [6.07, 6.45) is 1.41. The number of esters is 1. The fraction of sp³-hybridized carbons (Fsp3) is 0.464. The minimum absolute atomic E-state index is 0.0229. The fourth-order valence-corrected chi connectivity index (χ4v) is 5.64. The highest BCUT2D eigenvalue weighted by atomic mass is 16.7. The number of aromatic nitrogens is 2. The molecular weight excluding hydrogens is 458 g/mol. The van der Waals surface area contributed by atoms with Crippen LogP contribution in [0.15, 0.2) is 29.1 Å². The molecule has 8 nitrogen and oxygen atoms in total. The second-order valence-corrected chi connectivity index (χ2v) is 10.1. The van der Waals surface area contributed by atoms with Gasteiger partial charge in [0, 0.05) is 22.6 Å². The zero-order chi connectivity index (χ0) is 25.2. The largest absolute Gasteiger partial charge is 0.494 e. The summed E-state index contributed by atoms with van der Waals surface area (Å²) < 4.78 is 18.8. The van der Waals surface area contributed by atoms with E-state index >= 15 is 0 Å². The number of fused-ring (bicyclic) bond motifs is 6. The van der Waals surface area contributed by atoms with E-state index in [1.807, 2.05) is 25.1 Å². The average molecular weight is 490 g/mol. The summed E-state index contributed by atoms with van der Waals surface area (Å²) in [4.78, 5) is 31.1. The summed E-state index contributed by atoms with van der Waals surface area (Å²) in [5, 5.41) is 4.45. The summed E-state index contributed by atoms with van der Waals surface area (Å²) in [5.41, 5.74) is 4.45. The number of nitrogens with one attached hydrogen (secondary N) is 1. The molecule has 1 fully saturated rings. The van der Waals surface area contributed by atoms with Crippen LogP contribution in [0.25, 0.3) is 22.3 Å². The Morgan fingerprint density at radius 2 is 2.06 bits per heavy atom. The Labute approximate surface area is 209 Å². The number of hydrogen-bond donors (Lipinski definition) is 1. The van der Waals surface area contributed by atoms with Crippen molar-refractivity contribution in [2.45, 2.75) is 71.4 Å². The lowest BCUT2D eigenvalue weighted by Gasteiger charge is -2.23. The number of carbonyl (C=O) groups is 1. The van der Waals surface area contributed by atoms with Crippen LogP contribution in [0.2, 0.25) is 0 Å². The number of pyridine rings is 2. The van der Waals surface area contributed by atoms with Gasteiger partial charge in [-0.05, 0) is 56.1 Å². The van der Waals surface area contributed by atoms with Crippen molar-refractivity contribution >= 4 is 16.9 Å². The second-order valence-electron chi connectivity index (χ2n) is 10.1. The lowest BCUT2D eigenvalue weighted by molar-refractivity contribution is -0.154. The van der Waals surface area contributed by atoms with Crippen LogP contribution in [0.1, 0.15) is 56.4 Å². The maximum atomic E-state index is 13.5. The zero-order valence-electron chi connectivity index (χ0n) is 21.1. The number of benzene rings is 1. The Balaban J connectivity index is 1.39. The van der Waals surface area contributed by atoms with Gasteiger partial charge in [0.2, 0.25) is 5.60 Å². The number of cyclic esters (lactones) is 1. The van der Waals surface area contributed by atoms with Crippen LogP contribution in [0.5, 0.6) is 5.75 Å². The monoisotopic (exact) mass is 489 g/mol. The van der Waals surface area contributed by atoms with Gasteiger partial charge in [0.05, 0.1) is 35.6 Å². The Bertz CT molecular complexity index is 1460. The summed E-state index contributed by atoms with van der Waals surface area (Å²) in [7, 11) is 0. The van der Waals surface area contributed by atoms with Gasteiger partial charge in [-0.25, -0.2) is 9.78 Å². The highest BCUT2D eigenvalue weighted by Gasteiger charge is 2.65. The Hall–Kier alpha value is -3.23. The van der Waals surface area contributed by atoms with Gasteiger partial charge in [-0.2, -0.15) is 0 Å². The van der Waals surface area contributed by atoms with Crippen molar-refractivity contribution in [2.75, 3.05) is 13.2 Å². The molecule has 5 heterocycles. The molecule has 0 radical (unpaired) electrons. The third kappa shape index (κ3) is 3.38. The van der Waals surface area contributed by atoms with Gasteiger partial charge >= 0.3 is 5.97 Å². The third-order valence-corrected chi connectivity index (χ3v) is 7.56. The minimum Gasteiger partial charge on any atom is -0.494 e. The van der Waals surface area contributed by atoms with E-state index in [0.717, 1.165) is 53.0 Å². The average Bonchev–Trinajstić information content (AvgIpc) is 3.39.